The summed E-state index contributed by atoms with van der Waals surface area (Å²) < 4.78 is 27.9. The number of hydrogen-bond donors (Lipinski definition) is 1. The largest absolute Gasteiger partial charge is 0.396 e. The summed E-state index contributed by atoms with van der Waals surface area (Å²) in [6.45, 7) is 0. The number of pyridine rings is 1. The van der Waals surface area contributed by atoms with Gasteiger partial charge in [-0.25, -0.2) is 13.5 Å². The van der Waals surface area contributed by atoms with Crippen molar-refractivity contribution in [3.8, 4) is 17.1 Å². The molecule has 2 heterocycles. The number of rotatable bonds is 2. The molecule has 0 radical (unpaired) electrons. The maximum absolute atomic E-state index is 13.7. The quantitative estimate of drug-likeness (QED) is 0.780. The Bertz CT molecular complexity index is 753. The first-order valence-electron chi connectivity index (χ1n) is 5.87. The molecule has 0 fully saturated rings. The number of aromatic nitrogens is 3. The van der Waals surface area contributed by atoms with Crippen LogP contribution < -0.4 is 5.73 Å². The highest BCUT2D eigenvalue weighted by Crippen LogP contribution is 2.24. The Kier molecular flexibility index (Phi) is 2.90. The maximum Gasteiger partial charge on any atom is 0.151 e. The second-order valence-corrected chi connectivity index (χ2v) is 4.19. The third kappa shape index (κ3) is 2.11. The van der Waals surface area contributed by atoms with E-state index in [2.05, 4.69) is 10.1 Å². The summed E-state index contributed by atoms with van der Waals surface area (Å²) in [5.41, 5.74) is 7.41. The van der Waals surface area contributed by atoms with E-state index >= 15 is 0 Å². The topological polar surface area (TPSA) is 56.7 Å². The molecule has 0 saturated heterocycles. The number of nitrogen functional groups attached to an aromatic ring is 1. The molecule has 3 rings (SSSR count). The first-order valence-corrected chi connectivity index (χ1v) is 5.87. The van der Waals surface area contributed by atoms with Gasteiger partial charge in [0.2, 0.25) is 0 Å². The van der Waals surface area contributed by atoms with Gasteiger partial charge in [0.1, 0.15) is 17.2 Å². The van der Waals surface area contributed by atoms with E-state index in [0.29, 0.717) is 17.1 Å². The summed E-state index contributed by atoms with van der Waals surface area (Å²) in [4.78, 5) is 4.14. The fourth-order valence-corrected chi connectivity index (χ4v) is 1.88. The van der Waals surface area contributed by atoms with Gasteiger partial charge in [0, 0.05) is 12.3 Å². The highest BCUT2D eigenvalue weighted by Gasteiger charge is 2.13. The number of hydrogen-bond acceptors (Lipinski definition) is 3. The standard InChI is InChI=1S/C14H10F2N4/c15-9-4-5-13(10(16)7-9)20-8-11(17)14(19-20)12-3-1-2-6-18-12/h1-8H,17H2. The van der Waals surface area contributed by atoms with Gasteiger partial charge in [-0.3, -0.25) is 4.98 Å². The van der Waals surface area contributed by atoms with Gasteiger partial charge in [0.05, 0.1) is 17.6 Å². The Balaban J connectivity index is 2.09. The molecule has 6 heteroatoms. The smallest absolute Gasteiger partial charge is 0.151 e. The molecule has 0 aliphatic carbocycles. The van der Waals surface area contributed by atoms with E-state index in [1.807, 2.05) is 0 Å². The average Bonchev–Trinajstić information content (AvgIpc) is 2.81. The first kappa shape index (κ1) is 12.3. The summed E-state index contributed by atoms with van der Waals surface area (Å²) in [5.74, 6) is -1.35. The summed E-state index contributed by atoms with van der Waals surface area (Å²) in [7, 11) is 0. The van der Waals surface area contributed by atoms with Crippen molar-refractivity contribution >= 4 is 5.69 Å². The van der Waals surface area contributed by atoms with Crippen LogP contribution in [0.3, 0.4) is 0 Å². The number of nitrogens with two attached hydrogens (primary N) is 1. The zero-order chi connectivity index (χ0) is 14.1. The molecule has 0 spiro atoms. The first-order chi connectivity index (χ1) is 9.65. The Morgan fingerprint density at radius 1 is 1.10 bits per heavy atom. The predicted molar refractivity (Wildman–Crippen MR) is 71.1 cm³/mol. The van der Waals surface area contributed by atoms with E-state index < -0.39 is 11.6 Å². The maximum atomic E-state index is 13.7. The Labute approximate surface area is 113 Å². The molecule has 0 unspecified atom stereocenters. The molecule has 0 saturated carbocycles. The van der Waals surface area contributed by atoms with Crippen LogP contribution in [-0.2, 0) is 0 Å². The Morgan fingerprint density at radius 2 is 1.95 bits per heavy atom. The van der Waals surface area contributed by atoms with Crippen molar-refractivity contribution in [2.45, 2.75) is 0 Å². The van der Waals surface area contributed by atoms with Crippen LogP contribution in [-0.4, -0.2) is 14.8 Å². The van der Waals surface area contributed by atoms with E-state index in [-0.39, 0.29) is 5.69 Å². The molecular formula is C14H10F2N4. The van der Waals surface area contributed by atoms with Crippen molar-refractivity contribution in [1.82, 2.24) is 14.8 Å². The van der Waals surface area contributed by atoms with Crippen molar-refractivity contribution in [3.63, 3.8) is 0 Å². The second kappa shape index (κ2) is 4.73. The minimum atomic E-state index is -0.708. The van der Waals surface area contributed by atoms with Crippen LogP contribution in [0, 0.1) is 11.6 Å². The molecule has 20 heavy (non-hydrogen) atoms. The van der Waals surface area contributed by atoms with Gasteiger partial charge in [0.25, 0.3) is 0 Å². The third-order valence-electron chi connectivity index (χ3n) is 2.81. The van der Waals surface area contributed by atoms with E-state index in [1.165, 1.54) is 16.9 Å². The van der Waals surface area contributed by atoms with Gasteiger partial charge in [0.15, 0.2) is 5.82 Å². The number of halogens is 2. The molecular weight excluding hydrogens is 262 g/mol. The summed E-state index contributed by atoms with van der Waals surface area (Å²) in [5, 5.41) is 4.21. The molecule has 0 bridgehead atoms. The van der Waals surface area contributed by atoms with Crippen LogP contribution in [0.1, 0.15) is 0 Å². The van der Waals surface area contributed by atoms with Crippen LogP contribution in [0.15, 0.2) is 48.8 Å². The SMILES string of the molecule is Nc1cn(-c2ccc(F)cc2F)nc1-c1ccccn1. The zero-order valence-electron chi connectivity index (χ0n) is 10.3. The molecule has 1 aromatic carbocycles. The van der Waals surface area contributed by atoms with Gasteiger partial charge >= 0.3 is 0 Å². The molecule has 0 aliphatic rings. The number of nitrogens with zero attached hydrogens (tertiary/aromatic N) is 3. The van der Waals surface area contributed by atoms with Crippen LogP contribution in [0.2, 0.25) is 0 Å². The van der Waals surface area contributed by atoms with Crippen LogP contribution in [0.5, 0.6) is 0 Å². The van der Waals surface area contributed by atoms with E-state index in [9.17, 15) is 8.78 Å². The van der Waals surface area contributed by atoms with E-state index in [4.69, 9.17) is 5.73 Å². The molecule has 0 amide bonds. The third-order valence-corrected chi connectivity index (χ3v) is 2.81. The van der Waals surface area contributed by atoms with Gasteiger partial charge < -0.3 is 5.73 Å². The lowest BCUT2D eigenvalue weighted by molar-refractivity contribution is 0.574. The molecule has 2 N–H and O–H groups in total. The molecule has 4 nitrogen and oxygen atoms in total. The van der Waals surface area contributed by atoms with Crippen molar-refractivity contribution in [2.75, 3.05) is 5.73 Å². The lowest BCUT2D eigenvalue weighted by Gasteiger charge is -2.02. The van der Waals surface area contributed by atoms with Crippen molar-refractivity contribution in [1.29, 1.82) is 0 Å². The Morgan fingerprint density at radius 3 is 2.65 bits per heavy atom. The number of benzene rings is 1. The molecule has 0 atom stereocenters. The fourth-order valence-electron chi connectivity index (χ4n) is 1.88. The van der Waals surface area contributed by atoms with Crippen molar-refractivity contribution < 1.29 is 8.78 Å². The number of anilines is 1. The average molecular weight is 272 g/mol. The predicted octanol–water partition coefficient (Wildman–Crippen LogP) is 2.79. The van der Waals surface area contributed by atoms with Crippen LogP contribution >= 0.6 is 0 Å². The van der Waals surface area contributed by atoms with Gasteiger partial charge in [-0.15, -0.1) is 0 Å². The summed E-state index contributed by atoms with van der Waals surface area (Å²) in [6, 6.07) is 8.60. The second-order valence-electron chi connectivity index (χ2n) is 4.19. The minimum Gasteiger partial charge on any atom is -0.396 e. The van der Waals surface area contributed by atoms with Gasteiger partial charge in [-0.1, -0.05) is 6.07 Å². The molecule has 0 aliphatic heterocycles. The highest BCUT2D eigenvalue weighted by atomic mass is 19.1. The van der Waals surface area contributed by atoms with Gasteiger partial charge in [-0.05, 0) is 24.3 Å². The molecule has 2 aromatic heterocycles. The zero-order valence-corrected chi connectivity index (χ0v) is 10.3. The Hall–Kier alpha value is -2.76. The van der Waals surface area contributed by atoms with Gasteiger partial charge in [-0.2, -0.15) is 5.10 Å². The van der Waals surface area contributed by atoms with E-state index in [0.717, 1.165) is 12.1 Å². The van der Waals surface area contributed by atoms with Crippen molar-refractivity contribution in [2.24, 2.45) is 0 Å². The fraction of sp³-hybridized carbons (Fsp3) is 0. The van der Waals surface area contributed by atoms with Crippen molar-refractivity contribution in [3.05, 3.63) is 60.4 Å². The van der Waals surface area contributed by atoms with Crippen LogP contribution in [0.4, 0.5) is 14.5 Å². The lowest BCUT2D eigenvalue weighted by Crippen LogP contribution is -1.99. The summed E-state index contributed by atoms with van der Waals surface area (Å²) in [6.07, 6.45) is 3.09. The monoisotopic (exact) mass is 272 g/mol. The normalized spacial score (nSPS) is 10.7. The van der Waals surface area contributed by atoms with E-state index in [1.54, 1.807) is 24.4 Å². The highest BCUT2D eigenvalue weighted by molar-refractivity contribution is 5.69. The minimum absolute atomic E-state index is 0.125. The van der Waals surface area contributed by atoms with Crippen LogP contribution in [0.25, 0.3) is 17.1 Å². The summed E-state index contributed by atoms with van der Waals surface area (Å²) >= 11 is 0. The molecule has 3 aromatic rings. The molecule has 100 valence electrons. The lowest BCUT2D eigenvalue weighted by atomic mass is 10.2.